The second-order valence-corrected chi connectivity index (χ2v) is 8.92. The summed E-state index contributed by atoms with van der Waals surface area (Å²) in [6.07, 6.45) is 5.63. The number of morpholine rings is 1. The van der Waals surface area contributed by atoms with Crippen molar-refractivity contribution in [2.24, 2.45) is 0 Å². The van der Waals surface area contributed by atoms with Crippen molar-refractivity contribution < 1.29 is 9.47 Å². The van der Waals surface area contributed by atoms with Crippen LogP contribution in [0.4, 0.5) is 5.82 Å². The van der Waals surface area contributed by atoms with Crippen LogP contribution in [-0.4, -0.2) is 65.2 Å². The average molecular weight is 421 g/mol. The van der Waals surface area contributed by atoms with Gasteiger partial charge in [-0.2, -0.15) is 15.1 Å². The lowest BCUT2D eigenvalue weighted by Gasteiger charge is -2.28. The Bertz CT molecular complexity index is 1120. The van der Waals surface area contributed by atoms with E-state index in [1.165, 1.54) is 24.0 Å². The van der Waals surface area contributed by atoms with Crippen LogP contribution in [0, 0.1) is 6.92 Å². The molecule has 0 spiro atoms. The van der Waals surface area contributed by atoms with Gasteiger partial charge in [-0.1, -0.05) is 0 Å². The summed E-state index contributed by atoms with van der Waals surface area (Å²) < 4.78 is 13.1. The van der Waals surface area contributed by atoms with Crippen molar-refractivity contribution in [3.63, 3.8) is 0 Å². The Balaban J connectivity index is 1.43. The lowest BCUT2D eigenvalue weighted by molar-refractivity contribution is 0.0988. The fraction of sp³-hybridized carbons (Fsp3) is 0.522. The molecule has 0 saturated carbocycles. The van der Waals surface area contributed by atoms with E-state index in [2.05, 4.69) is 39.2 Å². The van der Waals surface area contributed by atoms with E-state index in [0.717, 1.165) is 55.2 Å². The van der Waals surface area contributed by atoms with Gasteiger partial charge in [0.05, 0.1) is 37.6 Å². The number of benzene rings is 1. The van der Waals surface area contributed by atoms with Gasteiger partial charge in [0.25, 0.3) is 0 Å². The molecule has 1 aromatic carbocycles. The molecule has 0 unspecified atom stereocenters. The smallest absolute Gasteiger partial charge is 0.320 e. The van der Waals surface area contributed by atoms with Gasteiger partial charge in [-0.05, 0) is 68.5 Å². The number of hydrogen-bond acceptors (Lipinski definition) is 7. The van der Waals surface area contributed by atoms with Crippen molar-refractivity contribution in [3.8, 4) is 11.8 Å². The number of fused-ring (bicyclic) bond motifs is 3. The molecule has 3 saturated heterocycles. The van der Waals surface area contributed by atoms with Crippen LogP contribution in [-0.2, 0) is 4.74 Å². The summed E-state index contributed by atoms with van der Waals surface area (Å²) in [4.78, 5) is 11.6. The zero-order chi connectivity index (χ0) is 20.9. The maximum absolute atomic E-state index is 5.76. The van der Waals surface area contributed by atoms with Gasteiger partial charge < -0.3 is 19.7 Å². The number of aromatic nitrogens is 4. The number of aryl methyl sites for hydroxylation is 1. The molecule has 3 aliphatic heterocycles. The SMILES string of the molecule is COc1nc(N2C[C@@H]3C[C@H]2CO3)cc(-n2ncc3cc(C)c(C4CCNCC4)cc32)n1. The van der Waals surface area contributed by atoms with Crippen molar-refractivity contribution >= 4 is 16.7 Å². The van der Waals surface area contributed by atoms with Crippen LogP contribution in [0.1, 0.15) is 36.3 Å². The van der Waals surface area contributed by atoms with Crippen LogP contribution in [0.25, 0.3) is 16.7 Å². The monoisotopic (exact) mass is 420 g/mol. The first-order valence-electron chi connectivity index (χ1n) is 11.2. The Kier molecular flexibility index (Phi) is 4.57. The fourth-order valence-corrected chi connectivity index (χ4v) is 5.39. The molecular formula is C23H28N6O2. The van der Waals surface area contributed by atoms with Crippen LogP contribution in [0.5, 0.6) is 6.01 Å². The zero-order valence-corrected chi connectivity index (χ0v) is 18.0. The third kappa shape index (κ3) is 3.25. The molecule has 0 radical (unpaired) electrons. The minimum Gasteiger partial charge on any atom is -0.467 e. The van der Waals surface area contributed by atoms with Crippen LogP contribution in [0.3, 0.4) is 0 Å². The van der Waals surface area contributed by atoms with E-state index in [1.54, 1.807) is 7.11 Å². The normalized spacial score (nSPS) is 23.7. The largest absolute Gasteiger partial charge is 0.467 e. The van der Waals surface area contributed by atoms with E-state index in [-0.39, 0.29) is 0 Å². The summed E-state index contributed by atoms with van der Waals surface area (Å²) in [5.41, 5.74) is 3.84. The quantitative estimate of drug-likeness (QED) is 0.695. The summed E-state index contributed by atoms with van der Waals surface area (Å²) in [6, 6.07) is 7.34. The number of methoxy groups -OCH3 is 1. The van der Waals surface area contributed by atoms with E-state index < -0.39 is 0 Å². The van der Waals surface area contributed by atoms with Crippen LogP contribution in [0.2, 0.25) is 0 Å². The minimum absolute atomic E-state index is 0.301. The topological polar surface area (TPSA) is 77.3 Å². The van der Waals surface area contributed by atoms with Gasteiger partial charge in [0.2, 0.25) is 0 Å². The molecule has 6 rings (SSSR count). The van der Waals surface area contributed by atoms with Crippen molar-refractivity contribution in [2.75, 3.05) is 38.3 Å². The second-order valence-electron chi connectivity index (χ2n) is 8.92. The molecule has 8 heteroatoms. The van der Waals surface area contributed by atoms with Crippen molar-refractivity contribution in [1.29, 1.82) is 0 Å². The number of rotatable bonds is 4. The van der Waals surface area contributed by atoms with Crippen molar-refractivity contribution in [2.45, 2.75) is 44.2 Å². The molecular weight excluding hydrogens is 392 g/mol. The summed E-state index contributed by atoms with van der Waals surface area (Å²) in [7, 11) is 1.61. The Morgan fingerprint density at radius 3 is 2.71 bits per heavy atom. The predicted molar refractivity (Wildman–Crippen MR) is 118 cm³/mol. The number of anilines is 1. The molecule has 2 aromatic heterocycles. The number of nitrogens with zero attached hydrogens (tertiary/aromatic N) is 5. The maximum atomic E-state index is 5.76. The molecule has 162 valence electrons. The Morgan fingerprint density at radius 2 is 1.97 bits per heavy atom. The highest BCUT2D eigenvalue weighted by atomic mass is 16.5. The van der Waals surface area contributed by atoms with E-state index in [1.807, 2.05) is 16.9 Å². The molecule has 1 N–H and O–H groups in total. The number of ether oxygens (including phenoxy) is 2. The van der Waals surface area contributed by atoms with Crippen molar-refractivity contribution in [1.82, 2.24) is 25.1 Å². The van der Waals surface area contributed by atoms with Gasteiger partial charge >= 0.3 is 6.01 Å². The highest BCUT2D eigenvalue weighted by molar-refractivity contribution is 5.82. The molecule has 3 aromatic rings. The molecule has 5 heterocycles. The first kappa shape index (κ1) is 19.0. The third-order valence-corrected chi connectivity index (χ3v) is 7.01. The van der Waals surface area contributed by atoms with Crippen LogP contribution < -0.4 is 15.0 Å². The van der Waals surface area contributed by atoms with Crippen molar-refractivity contribution in [3.05, 3.63) is 35.5 Å². The molecule has 0 aliphatic carbocycles. The Labute approximate surface area is 181 Å². The first-order valence-corrected chi connectivity index (χ1v) is 11.2. The minimum atomic E-state index is 0.301. The molecule has 2 atom stereocenters. The third-order valence-electron chi connectivity index (χ3n) is 7.01. The van der Waals surface area contributed by atoms with E-state index in [9.17, 15) is 0 Å². The average Bonchev–Trinajstić information content (AvgIpc) is 3.54. The highest BCUT2D eigenvalue weighted by Crippen LogP contribution is 2.34. The molecule has 0 amide bonds. The van der Waals surface area contributed by atoms with Gasteiger partial charge in [-0.3, -0.25) is 0 Å². The van der Waals surface area contributed by atoms with Gasteiger partial charge in [-0.15, -0.1) is 0 Å². The number of piperidine rings is 1. The zero-order valence-electron chi connectivity index (χ0n) is 18.0. The number of hydrogen-bond donors (Lipinski definition) is 1. The highest BCUT2D eigenvalue weighted by Gasteiger charge is 2.40. The summed E-state index contributed by atoms with van der Waals surface area (Å²) in [6.45, 7) is 5.99. The first-order chi connectivity index (χ1) is 15.2. The lowest BCUT2D eigenvalue weighted by atomic mass is 9.87. The second kappa shape index (κ2) is 7.46. The van der Waals surface area contributed by atoms with E-state index >= 15 is 0 Å². The standard InChI is InChI=1S/C23H28N6O2/c1-14-7-16-11-25-29(20(16)9-19(14)15-3-5-24-6-4-15)22-10-21(26-23(27-22)30-2)28-12-18-8-17(28)13-31-18/h7,9-11,15,17-18,24H,3-6,8,12-13H2,1-2H3/t17-,18-/m0/s1. The number of nitrogens with one attached hydrogen (secondary N) is 1. The molecule has 3 fully saturated rings. The lowest BCUT2D eigenvalue weighted by Crippen LogP contribution is -2.37. The molecule has 8 nitrogen and oxygen atoms in total. The summed E-state index contributed by atoms with van der Waals surface area (Å²) in [5.74, 6) is 2.21. The Morgan fingerprint density at radius 1 is 1.13 bits per heavy atom. The molecule has 3 aliphatic rings. The Hall–Kier alpha value is -2.71. The molecule has 2 bridgehead atoms. The predicted octanol–water partition coefficient (Wildman–Crippen LogP) is 2.58. The van der Waals surface area contributed by atoms with Gasteiger partial charge in [0.1, 0.15) is 5.82 Å². The molecule has 31 heavy (non-hydrogen) atoms. The van der Waals surface area contributed by atoms with Gasteiger partial charge in [-0.25, -0.2) is 4.68 Å². The summed E-state index contributed by atoms with van der Waals surface area (Å²) >= 11 is 0. The van der Waals surface area contributed by atoms with Gasteiger partial charge in [0.15, 0.2) is 5.82 Å². The van der Waals surface area contributed by atoms with Gasteiger partial charge in [0, 0.05) is 18.0 Å². The van der Waals surface area contributed by atoms with E-state index in [0.29, 0.717) is 24.1 Å². The van der Waals surface area contributed by atoms with Crippen LogP contribution in [0.15, 0.2) is 24.4 Å². The van der Waals surface area contributed by atoms with E-state index in [4.69, 9.17) is 14.6 Å². The fourth-order valence-electron chi connectivity index (χ4n) is 5.39. The maximum Gasteiger partial charge on any atom is 0.320 e. The van der Waals surface area contributed by atoms with Crippen LogP contribution >= 0.6 is 0 Å². The summed E-state index contributed by atoms with van der Waals surface area (Å²) in [5, 5.41) is 9.30.